The fraction of sp³-hybridized carbons (Fsp3) is 0.462. The van der Waals surface area contributed by atoms with E-state index < -0.39 is 0 Å². The zero-order chi connectivity index (χ0) is 13.1. The second-order valence-corrected chi connectivity index (χ2v) is 3.06. The van der Waals surface area contributed by atoms with E-state index in [-0.39, 0.29) is 5.97 Å². The van der Waals surface area contributed by atoms with Crippen LogP contribution in [-0.2, 0) is 16.0 Å². The number of carbonyl (C=O) groups is 1. The molecule has 0 N–H and O–H groups in total. The van der Waals surface area contributed by atoms with Crippen LogP contribution < -0.4 is 4.74 Å². The number of esters is 1. The van der Waals surface area contributed by atoms with Gasteiger partial charge < -0.3 is 9.47 Å². The molecular formula is C13H19FO3. The predicted molar refractivity (Wildman–Crippen MR) is 65.0 cm³/mol. The van der Waals surface area contributed by atoms with Crippen molar-refractivity contribution in [2.75, 3.05) is 20.4 Å². The lowest BCUT2D eigenvalue weighted by Gasteiger charge is -2.05. The highest BCUT2D eigenvalue weighted by molar-refractivity contribution is 5.72. The summed E-state index contributed by atoms with van der Waals surface area (Å²) in [6, 6.07) is 7.50. The van der Waals surface area contributed by atoms with E-state index in [1.807, 2.05) is 31.2 Å². The topological polar surface area (TPSA) is 35.5 Å². The van der Waals surface area contributed by atoms with Crippen LogP contribution in [0.4, 0.5) is 4.39 Å². The second-order valence-electron chi connectivity index (χ2n) is 3.06. The van der Waals surface area contributed by atoms with Crippen LogP contribution in [0.15, 0.2) is 24.3 Å². The third-order valence-corrected chi connectivity index (χ3v) is 1.86. The van der Waals surface area contributed by atoms with Crippen molar-refractivity contribution in [2.24, 2.45) is 0 Å². The first-order chi connectivity index (χ1) is 8.26. The molecule has 17 heavy (non-hydrogen) atoms. The average Bonchev–Trinajstić information content (AvgIpc) is 2.33. The molecular weight excluding hydrogens is 223 g/mol. The first kappa shape index (κ1) is 15.4. The molecule has 0 spiro atoms. The lowest BCUT2D eigenvalue weighted by molar-refractivity contribution is -0.142. The van der Waals surface area contributed by atoms with E-state index in [2.05, 4.69) is 0 Å². The maximum Gasteiger partial charge on any atom is 0.310 e. The molecule has 0 bridgehead atoms. The van der Waals surface area contributed by atoms with Crippen molar-refractivity contribution in [1.82, 2.24) is 0 Å². The zero-order valence-electron chi connectivity index (χ0n) is 10.5. The summed E-state index contributed by atoms with van der Waals surface area (Å²) in [7, 11) is 0.500. The van der Waals surface area contributed by atoms with Gasteiger partial charge in [-0.05, 0) is 31.5 Å². The van der Waals surface area contributed by atoms with Crippen LogP contribution in [0.2, 0.25) is 0 Å². The lowest BCUT2D eigenvalue weighted by atomic mass is 10.1. The predicted octanol–water partition coefficient (Wildman–Crippen LogP) is 2.78. The third-order valence-electron chi connectivity index (χ3n) is 1.86. The summed E-state index contributed by atoms with van der Waals surface area (Å²) in [4.78, 5) is 11.2. The van der Waals surface area contributed by atoms with E-state index in [1.54, 1.807) is 6.92 Å². The Bertz CT molecular complexity index is 326. The highest BCUT2D eigenvalue weighted by Crippen LogP contribution is 2.13. The van der Waals surface area contributed by atoms with Gasteiger partial charge in [-0.15, -0.1) is 0 Å². The SMILES string of the molecule is CCOC(=O)Cc1cccc(OCC)c1.CF. The van der Waals surface area contributed by atoms with Gasteiger partial charge in [0.1, 0.15) is 5.75 Å². The Morgan fingerprint density at radius 1 is 1.24 bits per heavy atom. The maximum atomic E-state index is 11.2. The van der Waals surface area contributed by atoms with Gasteiger partial charge in [-0.1, -0.05) is 12.1 Å². The molecule has 0 atom stereocenters. The summed E-state index contributed by atoms with van der Waals surface area (Å²) >= 11 is 0. The Kier molecular flexibility index (Phi) is 8.74. The largest absolute Gasteiger partial charge is 0.494 e. The summed E-state index contributed by atoms with van der Waals surface area (Å²) < 4.78 is 19.7. The number of ether oxygens (including phenoxy) is 2. The van der Waals surface area contributed by atoms with Crippen molar-refractivity contribution in [3.63, 3.8) is 0 Å². The molecule has 0 aliphatic heterocycles. The van der Waals surface area contributed by atoms with E-state index in [9.17, 15) is 9.18 Å². The van der Waals surface area contributed by atoms with Crippen molar-refractivity contribution in [2.45, 2.75) is 20.3 Å². The van der Waals surface area contributed by atoms with Crippen LogP contribution in [0.1, 0.15) is 19.4 Å². The molecule has 0 unspecified atom stereocenters. The van der Waals surface area contributed by atoms with Gasteiger partial charge in [-0.3, -0.25) is 9.18 Å². The molecule has 4 heteroatoms. The van der Waals surface area contributed by atoms with Crippen LogP contribution >= 0.6 is 0 Å². The van der Waals surface area contributed by atoms with Gasteiger partial charge in [0.25, 0.3) is 0 Å². The van der Waals surface area contributed by atoms with Gasteiger partial charge in [0.2, 0.25) is 0 Å². The van der Waals surface area contributed by atoms with Gasteiger partial charge in [0.15, 0.2) is 0 Å². The van der Waals surface area contributed by atoms with Crippen molar-refractivity contribution in [3.05, 3.63) is 29.8 Å². The molecule has 0 heterocycles. The van der Waals surface area contributed by atoms with Crippen LogP contribution in [0.25, 0.3) is 0 Å². The van der Waals surface area contributed by atoms with Crippen molar-refractivity contribution >= 4 is 5.97 Å². The minimum Gasteiger partial charge on any atom is -0.494 e. The normalized spacial score (nSPS) is 8.94. The first-order valence-electron chi connectivity index (χ1n) is 5.51. The fourth-order valence-corrected chi connectivity index (χ4v) is 1.29. The second kappa shape index (κ2) is 9.63. The molecule has 0 saturated heterocycles. The Hall–Kier alpha value is -1.58. The van der Waals surface area contributed by atoms with Gasteiger partial charge in [0.05, 0.1) is 26.8 Å². The summed E-state index contributed by atoms with van der Waals surface area (Å²) in [5.41, 5.74) is 0.916. The van der Waals surface area contributed by atoms with E-state index in [0.29, 0.717) is 26.8 Å². The van der Waals surface area contributed by atoms with Crippen LogP contribution in [0.5, 0.6) is 5.75 Å². The molecule has 0 fully saturated rings. The van der Waals surface area contributed by atoms with Crippen LogP contribution in [0.3, 0.4) is 0 Å². The van der Waals surface area contributed by atoms with Gasteiger partial charge >= 0.3 is 5.97 Å². The molecule has 1 aromatic rings. The Morgan fingerprint density at radius 2 is 1.94 bits per heavy atom. The van der Waals surface area contributed by atoms with Crippen LogP contribution in [0, 0.1) is 0 Å². The van der Waals surface area contributed by atoms with Crippen LogP contribution in [-0.4, -0.2) is 26.4 Å². The molecule has 0 aliphatic rings. The first-order valence-corrected chi connectivity index (χ1v) is 5.51. The van der Waals surface area contributed by atoms with E-state index >= 15 is 0 Å². The monoisotopic (exact) mass is 242 g/mol. The maximum absolute atomic E-state index is 11.2. The van der Waals surface area contributed by atoms with E-state index in [0.717, 1.165) is 11.3 Å². The highest BCUT2D eigenvalue weighted by Gasteiger charge is 2.04. The minimum atomic E-state index is -0.203. The molecule has 96 valence electrons. The third kappa shape index (κ3) is 6.56. The summed E-state index contributed by atoms with van der Waals surface area (Å²) in [5, 5.41) is 0. The van der Waals surface area contributed by atoms with Gasteiger partial charge in [-0.2, -0.15) is 0 Å². The van der Waals surface area contributed by atoms with Gasteiger partial charge in [0, 0.05) is 0 Å². The Morgan fingerprint density at radius 3 is 2.53 bits per heavy atom. The van der Waals surface area contributed by atoms with E-state index in [1.165, 1.54) is 0 Å². The molecule has 3 nitrogen and oxygen atoms in total. The lowest BCUT2D eigenvalue weighted by Crippen LogP contribution is -2.07. The quantitative estimate of drug-likeness (QED) is 0.745. The fourth-order valence-electron chi connectivity index (χ4n) is 1.29. The zero-order valence-corrected chi connectivity index (χ0v) is 10.5. The number of hydrogen-bond donors (Lipinski definition) is 0. The molecule has 0 aliphatic carbocycles. The number of alkyl halides is 1. The molecule has 0 saturated carbocycles. The van der Waals surface area contributed by atoms with Crippen molar-refractivity contribution < 1.29 is 18.7 Å². The number of benzene rings is 1. The Balaban J connectivity index is 0.00000121. The van der Waals surface area contributed by atoms with Crippen molar-refractivity contribution in [3.8, 4) is 5.75 Å². The highest BCUT2D eigenvalue weighted by atomic mass is 19.1. The smallest absolute Gasteiger partial charge is 0.310 e. The Labute approximate surface area is 102 Å². The van der Waals surface area contributed by atoms with E-state index in [4.69, 9.17) is 9.47 Å². The molecule has 0 aromatic heterocycles. The number of carbonyl (C=O) groups excluding carboxylic acids is 1. The average molecular weight is 242 g/mol. The molecule has 1 rings (SSSR count). The number of rotatable bonds is 5. The van der Waals surface area contributed by atoms with Gasteiger partial charge in [-0.25, -0.2) is 0 Å². The molecule has 1 aromatic carbocycles. The van der Waals surface area contributed by atoms with Crippen molar-refractivity contribution in [1.29, 1.82) is 0 Å². The summed E-state index contributed by atoms with van der Waals surface area (Å²) in [6.45, 7) is 4.78. The summed E-state index contributed by atoms with van der Waals surface area (Å²) in [6.07, 6.45) is 0.300. The molecule has 0 amide bonds. The standard InChI is InChI=1S/C12H16O3.CH3F/c1-3-14-11-7-5-6-10(8-11)9-12(13)15-4-2;1-2/h5-8H,3-4,9H2,1-2H3;1H3. The number of halogens is 1. The minimum absolute atomic E-state index is 0.203. The number of hydrogen-bond acceptors (Lipinski definition) is 3. The summed E-state index contributed by atoms with van der Waals surface area (Å²) in [5.74, 6) is 0.588. The molecule has 0 radical (unpaired) electrons.